The molecule has 0 spiro atoms. The minimum atomic E-state index is -0.655. The highest BCUT2D eigenvalue weighted by Gasteiger charge is 2.23. The number of nitrogens with zero attached hydrogens (tertiary/aromatic N) is 1. The topological polar surface area (TPSA) is 49.8 Å². The highest BCUT2D eigenvalue weighted by molar-refractivity contribution is 5.70. The fraction of sp³-hybridized carbons (Fsp3) is 0.375. The van der Waals surface area contributed by atoms with Crippen molar-refractivity contribution in [3.05, 3.63) is 71.8 Å². The van der Waals surface area contributed by atoms with Gasteiger partial charge in [-0.05, 0) is 62.0 Å². The third-order valence-electron chi connectivity index (χ3n) is 5.21. The molecule has 4 heteroatoms. The molecule has 0 aromatic heterocycles. The molecule has 0 radical (unpaired) electrons. The summed E-state index contributed by atoms with van der Waals surface area (Å²) in [5.74, 6) is 0.0824. The van der Waals surface area contributed by atoms with Gasteiger partial charge in [0.15, 0.2) is 0 Å². The van der Waals surface area contributed by atoms with Gasteiger partial charge in [0.2, 0.25) is 0 Å². The molecule has 0 bridgehead atoms. The van der Waals surface area contributed by atoms with Gasteiger partial charge in [-0.15, -0.1) is 0 Å². The zero-order valence-corrected chi connectivity index (χ0v) is 16.3. The Kier molecular flexibility index (Phi) is 7.68. The molecule has 1 aliphatic rings. The molecule has 3 rings (SSSR count). The number of benzene rings is 2. The summed E-state index contributed by atoms with van der Waals surface area (Å²) in [6, 6.07) is 18.6. The average molecular weight is 380 g/mol. The Morgan fingerprint density at radius 1 is 1.07 bits per heavy atom. The Morgan fingerprint density at radius 3 is 2.46 bits per heavy atom. The number of carboxylic acid groups (broad SMARTS) is 1. The van der Waals surface area contributed by atoms with Gasteiger partial charge in [-0.2, -0.15) is 0 Å². The fourth-order valence-corrected chi connectivity index (χ4v) is 3.49. The van der Waals surface area contributed by atoms with Crippen LogP contribution >= 0.6 is 0 Å². The van der Waals surface area contributed by atoms with Crippen LogP contribution in [0.2, 0.25) is 0 Å². The molecule has 2 aromatic rings. The normalized spacial score (nSPS) is 15.7. The number of rotatable bonds is 9. The van der Waals surface area contributed by atoms with Crippen molar-refractivity contribution >= 4 is 12.0 Å². The number of aryl methyl sites for hydroxylation is 1. The second-order valence-electron chi connectivity index (χ2n) is 7.32. The van der Waals surface area contributed by atoms with Gasteiger partial charge in [-0.1, -0.05) is 54.6 Å². The van der Waals surface area contributed by atoms with Crippen LogP contribution in [0.15, 0.2) is 60.7 Å². The van der Waals surface area contributed by atoms with Crippen LogP contribution in [-0.2, 0) is 11.2 Å². The van der Waals surface area contributed by atoms with Crippen molar-refractivity contribution in [2.24, 2.45) is 5.92 Å². The number of hydrogen-bond acceptors (Lipinski definition) is 3. The van der Waals surface area contributed by atoms with Crippen molar-refractivity contribution in [3.8, 4) is 5.75 Å². The van der Waals surface area contributed by atoms with E-state index in [1.165, 1.54) is 5.56 Å². The number of aliphatic carboxylic acids is 1. The minimum Gasteiger partial charge on any atom is -0.494 e. The van der Waals surface area contributed by atoms with E-state index in [0.717, 1.165) is 63.2 Å². The SMILES string of the molecule is O=C(O)C1CCN(C/C=C/c2ccc(OCCCc3ccccc3)cc2)CC1. The van der Waals surface area contributed by atoms with E-state index in [-0.39, 0.29) is 5.92 Å². The molecule has 0 saturated carbocycles. The van der Waals surface area contributed by atoms with Gasteiger partial charge in [0, 0.05) is 6.54 Å². The molecule has 148 valence electrons. The van der Waals surface area contributed by atoms with E-state index in [9.17, 15) is 4.79 Å². The Balaban J connectivity index is 1.35. The first kappa shape index (κ1) is 20.2. The molecular weight excluding hydrogens is 350 g/mol. The van der Waals surface area contributed by atoms with E-state index in [0.29, 0.717) is 0 Å². The predicted octanol–water partition coefficient (Wildman–Crippen LogP) is 4.51. The quantitative estimate of drug-likeness (QED) is 0.652. The van der Waals surface area contributed by atoms with Crippen molar-refractivity contribution in [1.82, 2.24) is 4.90 Å². The first-order valence-electron chi connectivity index (χ1n) is 10.1. The molecule has 0 unspecified atom stereocenters. The predicted molar refractivity (Wildman–Crippen MR) is 113 cm³/mol. The van der Waals surface area contributed by atoms with E-state index in [2.05, 4.69) is 53.5 Å². The van der Waals surface area contributed by atoms with E-state index < -0.39 is 5.97 Å². The smallest absolute Gasteiger partial charge is 0.306 e. The van der Waals surface area contributed by atoms with Gasteiger partial charge >= 0.3 is 5.97 Å². The fourth-order valence-electron chi connectivity index (χ4n) is 3.49. The van der Waals surface area contributed by atoms with Gasteiger partial charge in [-0.25, -0.2) is 0 Å². The molecule has 0 amide bonds. The maximum absolute atomic E-state index is 11.0. The van der Waals surface area contributed by atoms with Crippen molar-refractivity contribution in [3.63, 3.8) is 0 Å². The standard InChI is InChI=1S/C24H29NO3/c26-24(27)22-14-17-25(18-15-22)16-4-8-21-10-12-23(13-11-21)28-19-5-9-20-6-2-1-3-7-20/h1-4,6-8,10-13,22H,5,9,14-19H2,(H,26,27)/b8-4+. The van der Waals surface area contributed by atoms with Crippen LogP contribution in [0.4, 0.5) is 0 Å². The molecule has 1 aliphatic heterocycles. The van der Waals surface area contributed by atoms with Gasteiger partial charge < -0.3 is 9.84 Å². The van der Waals surface area contributed by atoms with Gasteiger partial charge in [0.05, 0.1) is 12.5 Å². The third-order valence-corrected chi connectivity index (χ3v) is 5.21. The lowest BCUT2D eigenvalue weighted by atomic mass is 9.97. The first-order chi connectivity index (χ1) is 13.7. The highest BCUT2D eigenvalue weighted by Crippen LogP contribution is 2.18. The monoisotopic (exact) mass is 379 g/mol. The zero-order chi connectivity index (χ0) is 19.6. The Bertz CT molecular complexity index is 747. The summed E-state index contributed by atoms with van der Waals surface area (Å²) in [7, 11) is 0. The lowest BCUT2D eigenvalue weighted by Crippen LogP contribution is -2.36. The van der Waals surface area contributed by atoms with Crippen LogP contribution < -0.4 is 4.74 Å². The van der Waals surface area contributed by atoms with Crippen LogP contribution in [0.3, 0.4) is 0 Å². The maximum Gasteiger partial charge on any atom is 0.306 e. The third kappa shape index (κ3) is 6.54. The lowest BCUT2D eigenvalue weighted by molar-refractivity contribution is -0.143. The van der Waals surface area contributed by atoms with Gasteiger partial charge in [0.1, 0.15) is 5.75 Å². The van der Waals surface area contributed by atoms with Crippen LogP contribution in [0.5, 0.6) is 5.75 Å². The summed E-state index contributed by atoms with van der Waals surface area (Å²) in [5, 5.41) is 9.05. The highest BCUT2D eigenvalue weighted by atomic mass is 16.5. The first-order valence-corrected chi connectivity index (χ1v) is 10.1. The van der Waals surface area contributed by atoms with E-state index >= 15 is 0 Å². The largest absolute Gasteiger partial charge is 0.494 e. The molecule has 1 heterocycles. The molecule has 1 saturated heterocycles. The zero-order valence-electron chi connectivity index (χ0n) is 16.3. The van der Waals surface area contributed by atoms with Crippen LogP contribution in [0, 0.1) is 5.92 Å². The summed E-state index contributed by atoms with van der Waals surface area (Å²) in [6.07, 6.45) is 7.80. The van der Waals surface area contributed by atoms with Crippen molar-refractivity contribution < 1.29 is 14.6 Å². The maximum atomic E-state index is 11.0. The molecule has 1 N–H and O–H groups in total. The van der Waals surface area contributed by atoms with Crippen LogP contribution in [0.1, 0.15) is 30.4 Å². The molecule has 2 aromatic carbocycles. The lowest BCUT2D eigenvalue weighted by Gasteiger charge is -2.28. The van der Waals surface area contributed by atoms with Crippen molar-refractivity contribution in [2.75, 3.05) is 26.2 Å². The second kappa shape index (κ2) is 10.7. The van der Waals surface area contributed by atoms with Crippen molar-refractivity contribution in [2.45, 2.75) is 25.7 Å². The Hall–Kier alpha value is -2.59. The van der Waals surface area contributed by atoms with E-state index in [4.69, 9.17) is 9.84 Å². The van der Waals surface area contributed by atoms with Crippen LogP contribution in [-0.4, -0.2) is 42.2 Å². The number of carboxylic acids is 1. The Labute approximate surface area is 167 Å². The number of hydrogen-bond donors (Lipinski definition) is 1. The van der Waals surface area contributed by atoms with E-state index in [1.807, 2.05) is 18.2 Å². The summed E-state index contributed by atoms with van der Waals surface area (Å²) >= 11 is 0. The van der Waals surface area contributed by atoms with Gasteiger partial charge in [0.25, 0.3) is 0 Å². The van der Waals surface area contributed by atoms with Gasteiger partial charge in [-0.3, -0.25) is 9.69 Å². The Morgan fingerprint density at radius 2 is 1.79 bits per heavy atom. The summed E-state index contributed by atoms with van der Waals surface area (Å²) in [5.41, 5.74) is 2.50. The van der Waals surface area contributed by atoms with Crippen LogP contribution in [0.25, 0.3) is 6.08 Å². The molecular formula is C24H29NO3. The second-order valence-corrected chi connectivity index (χ2v) is 7.32. The molecule has 1 fully saturated rings. The summed E-state index contributed by atoms with van der Waals surface area (Å²) in [6.45, 7) is 3.30. The van der Waals surface area contributed by atoms with Crippen molar-refractivity contribution in [1.29, 1.82) is 0 Å². The molecule has 4 nitrogen and oxygen atoms in total. The number of carbonyl (C=O) groups is 1. The number of ether oxygens (including phenoxy) is 1. The molecule has 0 atom stereocenters. The summed E-state index contributed by atoms with van der Waals surface area (Å²) in [4.78, 5) is 13.3. The minimum absolute atomic E-state index is 0.166. The number of likely N-dealkylation sites (tertiary alicyclic amines) is 1. The average Bonchev–Trinajstić information content (AvgIpc) is 2.73. The summed E-state index contributed by atoms with van der Waals surface area (Å²) < 4.78 is 5.83. The number of piperidine rings is 1. The van der Waals surface area contributed by atoms with E-state index in [1.54, 1.807) is 0 Å². The molecule has 0 aliphatic carbocycles. The molecule has 28 heavy (non-hydrogen) atoms.